The second-order valence-corrected chi connectivity index (χ2v) is 2.02. The van der Waals surface area contributed by atoms with E-state index in [1.165, 1.54) is 10.8 Å². The van der Waals surface area contributed by atoms with Crippen LogP contribution in [0.15, 0.2) is 6.20 Å². The van der Waals surface area contributed by atoms with Crippen LogP contribution in [0.25, 0.3) is 0 Å². The van der Waals surface area contributed by atoms with Crippen molar-refractivity contribution in [2.45, 2.75) is 6.92 Å². The molecule has 4 nitrogen and oxygen atoms in total. The summed E-state index contributed by atoms with van der Waals surface area (Å²) >= 11 is 0. The van der Waals surface area contributed by atoms with E-state index >= 15 is 0 Å². The lowest BCUT2D eigenvalue weighted by atomic mass is 10.5. The van der Waals surface area contributed by atoms with Gasteiger partial charge in [0.1, 0.15) is 5.69 Å². The summed E-state index contributed by atoms with van der Waals surface area (Å²) in [7, 11) is 1.69. The molecular weight excluding hydrogens is 144 g/mol. The van der Waals surface area contributed by atoms with Gasteiger partial charge >= 0.3 is 5.97 Å². The van der Waals surface area contributed by atoms with Crippen LogP contribution in [0.3, 0.4) is 0 Å². The van der Waals surface area contributed by atoms with Gasteiger partial charge in [-0.15, -0.1) is 0 Å². The molecule has 0 aliphatic rings. The Morgan fingerprint density at radius 3 is 3.09 bits per heavy atom. The molecule has 0 saturated carbocycles. The fourth-order valence-electron chi connectivity index (χ4n) is 0.712. The average Bonchev–Trinajstić information content (AvgIpc) is 2.36. The summed E-state index contributed by atoms with van der Waals surface area (Å²) in [6.07, 6.45) is 4.00. The number of imidazole rings is 1. The Hall–Kier alpha value is -1.32. The Morgan fingerprint density at radius 1 is 1.91 bits per heavy atom. The first kappa shape index (κ1) is 7.78. The molecule has 1 rings (SSSR count). The third-order valence-electron chi connectivity index (χ3n) is 1.24. The number of rotatable bonds is 2. The van der Waals surface area contributed by atoms with Gasteiger partial charge in [0, 0.05) is 7.05 Å². The molecule has 0 aromatic carbocycles. The number of hydrogen-bond donors (Lipinski definition) is 0. The van der Waals surface area contributed by atoms with E-state index < -0.39 is 0 Å². The number of carbonyl (C=O) groups is 1. The minimum atomic E-state index is -0.358. The van der Waals surface area contributed by atoms with E-state index in [4.69, 9.17) is 4.74 Å². The molecule has 1 aromatic heterocycles. The standard InChI is InChI=1S/C7H9N2O2/c1-3-11-7(10)6-4-8-5-9(6)2/h4H,3H2,1-2H3. The number of esters is 1. The van der Waals surface area contributed by atoms with Crippen LogP contribution in [-0.2, 0) is 11.8 Å². The van der Waals surface area contributed by atoms with E-state index in [0.717, 1.165) is 0 Å². The van der Waals surface area contributed by atoms with Gasteiger partial charge in [-0.3, -0.25) is 0 Å². The topological polar surface area (TPSA) is 44.1 Å². The van der Waals surface area contributed by atoms with Crippen molar-refractivity contribution in [1.82, 2.24) is 9.55 Å². The average molecular weight is 153 g/mol. The summed E-state index contributed by atoms with van der Waals surface area (Å²) in [5, 5.41) is 0. The molecule has 0 amide bonds. The lowest BCUT2D eigenvalue weighted by Gasteiger charge is -1.99. The highest BCUT2D eigenvalue weighted by Gasteiger charge is 2.09. The number of ether oxygens (including phenoxy) is 1. The SMILES string of the molecule is CCOC(=O)c1cn[c]n1C. The molecule has 0 saturated heterocycles. The van der Waals surface area contributed by atoms with E-state index in [0.29, 0.717) is 12.3 Å². The Labute approximate surface area is 64.8 Å². The first-order valence-electron chi connectivity index (χ1n) is 3.32. The number of carbonyl (C=O) groups excluding carboxylic acids is 1. The molecule has 0 bridgehead atoms. The van der Waals surface area contributed by atoms with Crippen LogP contribution in [0.2, 0.25) is 0 Å². The van der Waals surface area contributed by atoms with Gasteiger partial charge in [-0.25, -0.2) is 9.78 Å². The van der Waals surface area contributed by atoms with Gasteiger partial charge in [0.15, 0.2) is 6.33 Å². The summed E-state index contributed by atoms with van der Waals surface area (Å²) in [6.45, 7) is 2.14. The van der Waals surface area contributed by atoms with E-state index in [9.17, 15) is 4.79 Å². The van der Waals surface area contributed by atoms with E-state index in [-0.39, 0.29) is 5.97 Å². The van der Waals surface area contributed by atoms with Gasteiger partial charge in [-0.05, 0) is 6.92 Å². The van der Waals surface area contributed by atoms with Gasteiger partial charge in [-0.2, -0.15) is 0 Å². The second kappa shape index (κ2) is 3.18. The zero-order valence-corrected chi connectivity index (χ0v) is 6.50. The normalized spacial score (nSPS) is 9.64. The van der Waals surface area contributed by atoms with Crippen molar-refractivity contribution < 1.29 is 9.53 Å². The molecule has 59 valence electrons. The van der Waals surface area contributed by atoms with Gasteiger partial charge < -0.3 is 9.30 Å². The van der Waals surface area contributed by atoms with Crippen LogP contribution in [-0.4, -0.2) is 22.1 Å². The first-order chi connectivity index (χ1) is 5.25. The maximum Gasteiger partial charge on any atom is 0.356 e. The van der Waals surface area contributed by atoms with Gasteiger partial charge in [0.2, 0.25) is 0 Å². The van der Waals surface area contributed by atoms with Gasteiger partial charge in [0.05, 0.1) is 12.8 Å². The quantitative estimate of drug-likeness (QED) is 0.577. The minimum absolute atomic E-state index is 0.358. The van der Waals surface area contributed by atoms with Crippen molar-refractivity contribution in [3.63, 3.8) is 0 Å². The molecule has 1 radical (unpaired) electrons. The number of aromatic nitrogens is 2. The smallest absolute Gasteiger partial charge is 0.356 e. The van der Waals surface area contributed by atoms with Crippen molar-refractivity contribution in [2.24, 2.45) is 7.05 Å². The third-order valence-corrected chi connectivity index (χ3v) is 1.24. The Morgan fingerprint density at radius 2 is 2.64 bits per heavy atom. The zero-order chi connectivity index (χ0) is 8.27. The maximum absolute atomic E-state index is 11.0. The van der Waals surface area contributed by atoms with Gasteiger partial charge in [0.25, 0.3) is 0 Å². The predicted molar refractivity (Wildman–Crippen MR) is 38.0 cm³/mol. The van der Waals surface area contributed by atoms with E-state index in [1.807, 2.05) is 0 Å². The Balaban J connectivity index is 2.76. The molecule has 1 aromatic rings. The predicted octanol–water partition coefficient (Wildman–Crippen LogP) is 0.397. The minimum Gasteiger partial charge on any atom is -0.461 e. The highest BCUT2D eigenvalue weighted by Crippen LogP contribution is 1.97. The summed E-state index contributed by atoms with van der Waals surface area (Å²) in [5.74, 6) is -0.358. The van der Waals surface area contributed by atoms with Crippen molar-refractivity contribution >= 4 is 5.97 Å². The third kappa shape index (κ3) is 1.58. The van der Waals surface area contributed by atoms with Crippen LogP contribution in [0, 0.1) is 6.33 Å². The largest absolute Gasteiger partial charge is 0.461 e. The molecule has 0 spiro atoms. The molecule has 1 heterocycles. The molecule has 0 aliphatic carbocycles. The molecule has 0 N–H and O–H groups in total. The van der Waals surface area contributed by atoms with Crippen molar-refractivity contribution in [3.05, 3.63) is 18.2 Å². The summed E-state index contributed by atoms with van der Waals surface area (Å²) < 4.78 is 6.25. The Kier molecular flexibility index (Phi) is 2.25. The highest BCUT2D eigenvalue weighted by molar-refractivity contribution is 5.87. The molecule has 0 unspecified atom stereocenters. The fraction of sp³-hybridized carbons (Fsp3) is 0.429. The van der Waals surface area contributed by atoms with Crippen LogP contribution >= 0.6 is 0 Å². The number of hydrogen-bond acceptors (Lipinski definition) is 3. The number of nitrogens with zero attached hydrogens (tertiary/aromatic N) is 2. The Bertz CT molecular complexity index is 255. The van der Waals surface area contributed by atoms with Crippen LogP contribution in [0.4, 0.5) is 0 Å². The molecule has 0 fully saturated rings. The van der Waals surface area contributed by atoms with Crippen LogP contribution < -0.4 is 0 Å². The maximum atomic E-state index is 11.0. The van der Waals surface area contributed by atoms with Crippen molar-refractivity contribution in [2.75, 3.05) is 6.61 Å². The molecule has 0 atom stereocenters. The van der Waals surface area contributed by atoms with Crippen LogP contribution in [0.5, 0.6) is 0 Å². The molecular formula is C7H9N2O2. The monoisotopic (exact) mass is 153 g/mol. The summed E-state index contributed by atoms with van der Waals surface area (Å²) in [5.41, 5.74) is 0.423. The first-order valence-corrected chi connectivity index (χ1v) is 3.32. The lowest BCUT2D eigenvalue weighted by Crippen LogP contribution is -2.09. The number of aryl methyl sites for hydroxylation is 1. The molecule has 4 heteroatoms. The molecule has 11 heavy (non-hydrogen) atoms. The van der Waals surface area contributed by atoms with Crippen molar-refractivity contribution in [3.8, 4) is 0 Å². The molecule has 0 aliphatic heterocycles. The van der Waals surface area contributed by atoms with E-state index in [1.54, 1.807) is 14.0 Å². The zero-order valence-electron chi connectivity index (χ0n) is 6.50. The summed E-state index contributed by atoms with van der Waals surface area (Å²) in [4.78, 5) is 14.7. The summed E-state index contributed by atoms with van der Waals surface area (Å²) in [6, 6.07) is 0. The second-order valence-electron chi connectivity index (χ2n) is 2.02. The van der Waals surface area contributed by atoms with Gasteiger partial charge in [-0.1, -0.05) is 0 Å². The lowest BCUT2D eigenvalue weighted by molar-refractivity contribution is 0.0515. The van der Waals surface area contributed by atoms with E-state index in [2.05, 4.69) is 11.3 Å². The fourth-order valence-corrected chi connectivity index (χ4v) is 0.712. The highest BCUT2D eigenvalue weighted by atomic mass is 16.5. The van der Waals surface area contributed by atoms with Crippen molar-refractivity contribution in [1.29, 1.82) is 0 Å². The van der Waals surface area contributed by atoms with Crippen LogP contribution in [0.1, 0.15) is 17.4 Å².